The Balaban J connectivity index is 1.000. The smallest absolute Gasteiger partial charge is 0.410 e. The van der Waals surface area contributed by atoms with Crippen molar-refractivity contribution in [1.82, 2.24) is 20.0 Å². The normalized spacial score (nSPS) is 26.3. The molecule has 11 nitrogen and oxygen atoms in total. The molecule has 2 atom stereocenters. The average Bonchev–Trinajstić information content (AvgIpc) is 3.52. The Morgan fingerprint density at radius 2 is 1.60 bits per heavy atom. The van der Waals surface area contributed by atoms with Crippen LogP contribution in [0.1, 0.15) is 86.4 Å². The third-order valence-electron chi connectivity index (χ3n) is 9.98. The van der Waals surface area contributed by atoms with Gasteiger partial charge in [-0.25, -0.2) is 4.79 Å². The summed E-state index contributed by atoms with van der Waals surface area (Å²) < 4.78 is 5.56. The zero-order valence-corrected chi connectivity index (χ0v) is 25.5. The molecule has 1 aromatic rings. The van der Waals surface area contributed by atoms with Gasteiger partial charge in [0.2, 0.25) is 11.8 Å². The predicted molar refractivity (Wildman–Crippen MR) is 159 cm³/mol. The second kappa shape index (κ2) is 11.2. The highest BCUT2D eigenvalue weighted by atomic mass is 16.6. The second-order valence-corrected chi connectivity index (χ2v) is 14.0. The van der Waals surface area contributed by atoms with Crippen molar-refractivity contribution in [3.05, 3.63) is 29.3 Å². The third-order valence-corrected chi connectivity index (χ3v) is 9.98. The van der Waals surface area contributed by atoms with Crippen molar-refractivity contribution < 1.29 is 28.7 Å². The minimum atomic E-state index is -0.952. The van der Waals surface area contributed by atoms with Crippen molar-refractivity contribution in [2.75, 3.05) is 50.7 Å². The highest BCUT2D eigenvalue weighted by Crippen LogP contribution is 2.43. The number of amides is 5. The van der Waals surface area contributed by atoms with Crippen LogP contribution in [0.15, 0.2) is 18.2 Å². The van der Waals surface area contributed by atoms with Gasteiger partial charge in [-0.3, -0.25) is 29.4 Å². The molecule has 232 valence electrons. The van der Waals surface area contributed by atoms with E-state index in [-0.39, 0.29) is 24.8 Å². The lowest BCUT2D eigenvalue weighted by Gasteiger charge is -2.47. The number of imide groups is 2. The van der Waals surface area contributed by atoms with Gasteiger partial charge in [0, 0.05) is 44.8 Å². The minimum absolute atomic E-state index is 0.107. The van der Waals surface area contributed by atoms with Crippen LogP contribution in [0, 0.1) is 11.3 Å². The molecule has 0 aliphatic carbocycles. The quantitative estimate of drug-likeness (QED) is 0.530. The van der Waals surface area contributed by atoms with Crippen LogP contribution >= 0.6 is 0 Å². The number of benzene rings is 1. The first-order valence-electron chi connectivity index (χ1n) is 15.7. The number of rotatable bonds is 4. The number of fused-ring (bicyclic) bond motifs is 1. The Hall–Kier alpha value is -3.47. The Kier molecular flexibility index (Phi) is 7.73. The summed E-state index contributed by atoms with van der Waals surface area (Å²) in [7, 11) is 0. The standard InChI is InChI=1S/C32H43N5O6/c1-31(2,3)43-30(42)36-13-8-21(20-36)19-34-14-9-32(10-15-34)11-16-35(17-12-32)22-4-5-23-24(18-22)29(41)37(28(23)40)25-6-7-26(38)33-27(25)39/h4-5,18,21,25H,6-17,19-20H2,1-3H3,(H,33,38,39). The summed E-state index contributed by atoms with van der Waals surface area (Å²) in [5, 5.41) is 2.24. The van der Waals surface area contributed by atoms with Gasteiger partial charge in [0.25, 0.3) is 11.8 Å². The summed E-state index contributed by atoms with van der Waals surface area (Å²) in [6.07, 6.45) is 5.59. The molecule has 5 amide bonds. The van der Waals surface area contributed by atoms with Crippen LogP contribution in [-0.4, -0.2) is 102 Å². The average molecular weight is 594 g/mol. The first-order chi connectivity index (χ1) is 20.4. The summed E-state index contributed by atoms with van der Waals surface area (Å²) in [6.45, 7) is 12.2. The van der Waals surface area contributed by atoms with Crippen molar-refractivity contribution in [3.63, 3.8) is 0 Å². The molecule has 1 N–H and O–H groups in total. The zero-order valence-electron chi connectivity index (χ0n) is 25.5. The number of nitrogens with zero attached hydrogens (tertiary/aromatic N) is 4. The molecule has 1 spiro atoms. The van der Waals surface area contributed by atoms with Crippen LogP contribution in [0.2, 0.25) is 0 Å². The molecule has 0 aromatic heterocycles. The first-order valence-corrected chi connectivity index (χ1v) is 15.7. The molecule has 0 radical (unpaired) electrons. The van der Waals surface area contributed by atoms with Crippen LogP contribution in [0.5, 0.6) is 0 Å². The molecular formula is C32H43N5O6. The van der Waals surface area contributed by atoms with Gasteiger partial charge in [-0.15, -0.1) is 0 Å². The first kappa shape index (κ1) is 29.6. The molecule has 5 heterocycles. The van der Waals surface area contributed by atoms with Crippen molar-refractivity contribution >= 4 is 35.4 Å². The van der Waals surface area contributed by atoms with Gasteiger partial charge in [0.1, 0.15) is 11.6 Å². The maximum absolute atomic E-state index is 13.3. The van der Waals surface area contributed by atoms with Gasteiger partial charge in [0.05, 0.1) is 11.1 Å². The van der Waals surface area contributed by atoms with Crippen molar-refractivity contribution in [3.8, 4) is 0 Å². The van der Waals surface area contributed by atoms with Crippen molar-refractivity contribution in [2.24, 2.45) is 11.3 Å². The molecular weight excluding hydrogens is 550 g/mol. The van der Waals surface area contributed by atoms with E-state index in [2.05, 4.69) is 15.1 Å². The fourth-order valence-electron chi connectivity index (χ4n) is 7.44. The van der Waals surface area contributed by atoms with E-state index in [0.717, 1.165) is 75.7 Å². The zero-order chi connectivity index (χ0) is 30.5. The van der Waals surface area contributed by atoms with E-state index in [9.17, 15) is 24.0 Å². The predicted octanol–water partition coefficient (Wildman–Crippen LogP) is 3.03. The number of nitrogens with one attached hydrogen (secondary N) is 1. The second-order valence-electron chi connectivity index (χ2n) is 14.0. The van der Waals surface area contributed by atoms with Gasteiger partial charge in [0.15, 0.2) is 0 Å². The van der Waals surface area contributed by atoms with E-state index in [4.69, 9.17) is 4.74 Å². The number of carbonyl (C=O) groups is 5. The topological polar surface area (TPSA) is 120 Å². The van der Waals surface area contributed by atoms with Crippen LogP contribution < -0.4 is 10.2 Å². The number of hydrogen-bond acceptors (Lipinski definition) is 8. The lowest BCUT2D eigenvalue weighted by atomic mass is 9.71. The highest BCUT2D eigenvalue weighted by Gasteiger charge is 2.45. The SMILES string of the molecule is CC(C)(C)OC(=O)N1CCC(CN2CCC3(CC2)CCN(c2ccc4c(c2)C(=O)N(C2CCC(=O)NC2=O)C4=O)CC3)C1. The summed E-state index contributed by atoms with van der Waals surface area (Å²) in [5.41, 5.74) is 1.43. The number of carbonyl (C=O) groups excluding carboxylic acids is 5. The number of ether oxygens (including phenoxy) is 1. The maximum atomic E-state index is 13.3. The molecule has 2 unspecified atom stereocenters. The molecule has 0 bridgehead atoms. The van der Waals surface area contributed by atoms with E-state index in [0.29, 0.717) is 22.5 Å². The van der Waals surface area contributed by atoms with Crippen molar-refractivity contribution in [1.29, 1.82) is 0 Å². The van der Waals surface area contributed by atoms with E-state index in [1.165, 1.54) is 12.8 Å². The molecule has 5 aliphatic heterocycles. The van der Waals surface area contributed by atoms with Crippen LogP contribution in [-0.2, 0) is 14.3 Å². The van der Waals surface area contributed by atoms with Gasteiger partial charge < -0.3 is 19.4 Å². The lowest BCUT2D eigenvalue weighted by Crippen LogP contribution is -2.54. The molecule has 1 aromatic carbocycles. The molecule has 5 aliphatic rings. The molecule has 6 rings (SSSR count). The highest BCUT2D eigenvalue weighted by molar-refractivity contribution is 6.23. The Morgan fingerprint density at radius 1 is 0.930 bits per heavy atom. The van der Waals surface area contributed by atoms with Gasteiger partial charge in [-0.2, -0.15) is 0 Å². The molecule has 11 heteroatoms. The third kappa shape index (κ3) is 6.01. The minimum Gasteiger partial charge on any atom is -0.444 e. The monoisotopic (exact) mass is 593 g/mol. The summed E-state index contributed by atoms with van der Waals surface area (Å²) in [4.78, 5) is 70.4. The van der Waals surface area contributed by atoms with Crippen LogP contribution in [0.4, 0.5) is 10.5 Å². The number of anilines is 1. The number of piperidine rings is 3. The van der Waals surface area contributed by atoms with Crippen molar-refractivity contribution in [2.45, 2.75) is 77.4 Å². The summed E-state index contributed by atoms with van der Waals surface area (Å²) in [6, 6.07) is 4.45. The summed E-state index contributed by atoms with van der Waals surface area (Å²) in [5.74, 6) is -1.42. The largest absolute Gasteiger partial charge is 0.444 e. The van der Waals surface area contributed by atoms with Crippen LogP contribution in [0.3, 0.4) is 0 Å². The molecule has 43 heavy (non-hydrogen) atoms. The maximum Gasteiger partial charge on any atom is 0.410 e. The van der Waals surface area contributed by atoms with Gasteiger partial charge in [-0.1, -0.05) is 0 Å². The van der Waals surface area contributed by atoms with Crippen LogP contribution in [0.25, 0.3) is 0 Å². The van der Waals surface area contributed by atoms with Gasteiger partial charge >= 0.3 is 6.09 Å². The fourth-order valence-corrected chi connectivity index (χ4v) is 7.44. The van der Waals surface area contributed by atoms with E-state index >= 15 is 0 Å². The number of hydrogen-bond donors (Lipinski definition) is 1. The Morgan fingerprint density at radius 3 is 2.28 bits per heavy atom. The van der Waals surface area contributed by atoms with E-state index < -0.39 is 29.4 Å². The Bertz CT molecular complexity index is 1320. The van der Waals surface area contributed by atoms with E-state index in [1.807, 2.05) is 31.7 Å². The molecule has 4 fully saturated rings. The number of likely N-dealkylation sites (tertiary alicyclic amines) is 2. The van der Waals surface area contributed by atoms with E-state index in [1.54, 1.807) is 12.1 Å². The molecule has 0 saturated carbocycles. The van der Waals surface area contributed by atoms with Gasteiger partial charge in [-0.05, 0) is 102 Å². The lowest BCUT2D eigenvalue weighted by molar-refractivity contribution is -0.136. The summed E-state index contributed by atoms with van der Waals surface area (Å²) >= 11 is 0. The fraction of sp³-hybridized carbons (Fsp3) is 0.656. The molecule has 4 saturated heterocycles. The Labute approximate surface area is 252 Å².